The van der Waals surface area contributed by atoms with Gasteiger partial charge >= 0.3 is 0 Å². The summed E-state index contributed by atoms with van der Waals surface area (Å²) in [6.07, 6.45) is 6.41. The molecular weight excluding hydrogens is 262 g/mol. The molecule has 0 aromatic carbocycles. The SMILES string of the molecule is CC[C@]1(C)C[C@@](CCNCc2ccco2)(C(C)C)CCO1. The Hall–Kier alpha value is -0.800. The third kappa shape index (κ3) is 4.10. The van der Waals surface area contributed by atoms with Gasteiger partial charge in [-0.1, -0.05) is 20.8 Å². The van der Waals surface area contributed by atoms with Gasteiger partial charge in [-0.3, -0.25) is 0 Å². The van der Waals surface area contributed by atoms with Crippen LogP contribution in [0.15, 0.2) is 22.8 Å². The van der Waals surface area contributed by atoms with E-state index in [1.54, 1.807) is 6.26 Å². The minimum atomic E-state index is 0.0591. The molecule has 0 radical (unpaired) electrons. The van der Waals surface area contributed by atoms with Gasteiger partial charge in [0.05, 0.1) is 18.4 Å². The summed E-state index contributed by atoms with van der Waals surface area (Å²) >= 11 is 0. The quantitative estimate of drug-likeness (QED) is 0.758. The van der Waals surface area contributed by atoms with Gasteiger partial charge in [0, 0.05) is 6.61 Å². The molecule has 2 rings (SSSR count). The van der Waals surface area contributed by atoms with E-state index in [0.29, 0.717) is 11.3 Å². The second-order valence-electron chi connectivity index (χ2n) is 7.10. The van der Waals surface area contributed by atoms with Crippen molar-refractivity contribution in [1.82, 2.24) is 5.32 Å². The number of hydrogen-bond donors (Lipinski definition) is 1. The van der Waals surface area contributed by atoms with Crippen LogP contribution in [0.3, 0.4) is 0 Å². The van der Waals surface area contributed by atoms with E-state index in [9.17, 15) is 0 Å². The number of hydrogen-bond acceptors (Lipinski definition) is 3. The van der Waals surface area contributed by atoms with Gasteiger partial charge in [0.25, 0.3) is 0 Å². The van der Waals surface area contributed by atoms with Crippen molar-refractivity contribution in [3.05, 3.63) is 24.2 Å². The number of ether oxygens (including phenoxy) is 1. The fourth-order valence-electron chi connectivity index (χ4n) is 3.57. The van der Waals surface area contributed by atoms with Crippen molar-refractivity contribution in [1.29, 1.82) is 0 Å². The van der Waals surface area contributed by atoms with Crippen LogP contribution in [0, 0.1) is 11.3 Å². The van der Waals surface area contributed by atoms with Crippen molar-refractivity contribution in [2.24, 2.45) is 11.3 Å². The zero-order valence-electron chi connectivity index (χ0n) is 14.1. The Morgan fingerprint density at radius 1 is 1.38 bits per heavy atom. The van der Waals surface area contributed by atoms with Crippen molar-refractivity contribution in [2.45, 2.75) is 65.5 Å². The van der Waals surface area contributed by atoms with E-state index >= 15 is 0 Å². The second-order valence-corrected chi connectivity index (χ2v) is 7.10. The largest absolute Gasteiger partial charge is 0.468 e. The van der Waals surface area contributed by atoms with Crippen LogP contribution in [0.2, 0.25) is 0 Å². The molecule has 1 aliphatic rings. The zero-order valence-corrected chi connectivity index (χ0v) is 14.1. The monoisotopic (exact) mass is 293 g/mol. The first-order valence-electron chi connectivity index (χ1n) is 8.37. The third-order valence-corrected chi connectivity index (χ3v) is 5.43. The fraction of sp³-hybridized carbons (Fsp3) is 0.778. The summed E-state index contributed by atoms with van der Waals surface area (Å²) in [6.45, 7) is 12.0. The summed E-state index contributed by atoms with van der Waals surface area (Å²) in [5, 5.41) is 3.53. The summed E-state index contributed by atoms with van der Waals surface area (Å²) in [5.41, 5.74) is 0.461. The maximum atomic E-state index is 6.05. The Kier molecular flexibility index (Phi) is 5.50. The standard InChI is InChI=1S/C18H31NO2/c1-5-17(4)14-18(15(2)3,9-12-21-17)8-10-19-13-16-7-6-11-20-16/h6-7,11,15,19H,5,8-10,12-14H2,1-4H3/t17-,18+/m1/s1. The first kappa shape index (κ1) is 16.6. The third-order valence-electron chi connectivity index (χ3n) is 5.43. The van der Waals surface area contributed by atoms with Crippen LogP contribution < -0.4 is 5.32 Å². The molecule has 3 heteroatoms. The number of rotatable bonds is 7. The van der Waals surface area contributed by atoms with E-state index in [1.165, 1.54) is 19.3 Å². The molecule has 2 heterocycles. The van der Waals surface area contributed by atoms with E-state index in [1.807, 2.05) is 12.1 Å². The molecule has 1 N–H and O–H groups in total. The van der Waals surface area contributed by atoms with Crippen LogP contribution in [0.25, 0.3) is 0 Å². The lowest BCUT2D eigenvalue weighted by molar-refractivity contribution is -0.132. The van der Waals surface area contributed by atoms with E-state index in [-0.39, 0.29) is 5.60 Å². The molecule has 1 aliphatic heterocycles. The molecule has 1 saturated heterocycles. The van der Waals surface area contributed by atoms with E-state index in [4.69, 9.17) is 9.15 Å². The van der Waals surface area contributed by atoms with Crippen molar-refractivity contribution in [3.8, 4) is 0 Å². The normalized spacial score (nSPS) is 30.0. The summed E-state index contributed by atoms with van der Waals surface area (Å²) in [4.78, 5) is 0. The lowest BCUT2D eigenvalue weighted by Gasteiger charge is -2.49. The lowest BCUT2D eigenvalue weighted by atomic mass is 9.64. The van der Waals surface area contributed by atoms with Gasteiger partial charge in [0.1, 0.15) is 5.76 Å². The highest BCUT2D eigenvalue weighted by atomic mass is 16.5. The number of nitrogens with one attached hydrogen (secondary N) is 1. The Bertz CT molecular complexity index is 415. The predicted octanol–water partition coefficient (Wildman–Crippen LogP) is 4.38. The molecule has 120 valence electrons. The summed E-state index contributed by atoms with van der Waals surface area (Å²) in [5.74, 6) is 1.71. The molecule has 3 nitrogen and oxygen atoms in total. The molecule has 0 unspecified atom stereocenters. The molecule has 2 atom stereocenters. The van der Waals surface area contributed by atoms with Gasteiger partial charge in [0.2, 0.25) is 0 Å². The van der Waals surface area contributed by atoms with Crippen LogP contribution in [0.1, 0.15) is 59.1 Å². The van der Waals surface area contributed by atoms with E-state index in [0.717, 1.165) is 31.9 Å². The summed E-state index contributed by atoms with van der Waals surface area (Å²) < 4.78 is 11.4. The molecule has 1 aromatic heterocycles. The van der Waals surface area contributed by atoms with E-state index in [2.05, 4.69) is 33.0 Å². The summed E-state index contributed by atoms with van der Waals surface area (Å²) in [6, 6.07) is 3.96. The highest BCUT2D eigenvalue weighted by Crippen LogP contribution is 2.47. The molecule has 1 aromatic rings. The van der Waals surface area contributed by atoms with Crippen LogP contribution in [-0.2, 0) is 11.3 Å². The van der Waals surface area contributed by atoms with E-state index < -0.39 is 0 Å². The van der Waals surface area contributed by atoms with Crippen LogP contribution in [0.5, 0.6) is 0 Å². The Morgan fingerprint density at radius 3 is 2.81 bits per heavy atom. The second kappa shape index (κ2) is 6.97. The van der Waals surface area contributed by atoms with Gasteiger partial charge in [-0.15, -0.1) is 0 Å². The average molecular weight is 293 g/mol. The predicted molar refractivity (Wildman–Crippen MR) is 86.2 cm³/mol. The molecule has 0 bridgehead atoms. The van der Waals surface area contributed by atoms with Crippen molar-refractivity contribution in [2.75, 3.05) is 13.2 Å². The highest BCUT2D eigenvalue weighted by Gasteiger charge is 2.43. The molecule has 0 amide bonds. The zero-order chi connectivity index (χ0) is 15.3. The van der Waals surface area contributed by atoms with Crippen LogP contribution in [-0.4, -0.2) is 18.8 Å². The Labute approximate surface area is 129 Å². The van der Waals surface area contributed by atoms with Crippen LogP contribution >= 0.6 is 0 Å². The first-order chi connectivity index (χ1) is 10.00. The maximum Gasteiger partial charge on any atom is 0.117 e. The Balaban J connectivity index is 1.89. The maximum absolute atomic E-state index is 6.05. The van der Waals surface area contributed by atoms with Crippen molar-refractivity contribution < 1.29 is 9.15 Å². The molecule has 0 saturated carbocycles. The van der Waals surface area contributed by atoms with Gasteiger partial charge < -0.3 is 14.5 Å². The smallest absolute Gasteiger partial charge is 0.117 e. The van der Waals surface area contributed by atoms with Gasteiger partial charge in [-0.25, -0.2) is 0 Å². The van der Waals surface area contributed by atoms with Crippen molar-refractivity contribution in [3.63, 3.8) is 0 Å². The Morgan fingerprint density at radius 2 is 2.19 bits per heavy atom. The molecule has 21 heavy (non-hydrogen) atoms. The molecule has 1 fully saturated rings. The highest BCUT2D eigenvalue weighted by molar-refractivity contribution is 4.98. The average Bonchev–Trinajstić information content (AvgIpc) is 2.97. The van der Waals surface area contributed by atoms with Crippen molar-refractivity contribution >= 4 is 0 Å². The molecule has 0 spiro atoms. The van der Waals surface area contributed by atoms with Crippen LogP contribution in [0.4, 0.5) is 0 Å². The minimum Gasteiger partial charge on any atom is -0.468 e. The lowest BCUT2D eigenvalue weighted by Crippen LogP contribution is -2.46. The van der Waals surface area contributed by atoms with Gasteiger partial charge in [-0.05, 0) is 62.6 Å². The summed E-state index contributed by atoms with van der Waals surface area (Å²) in [7, 11) is 0. The number of furan rings is 1. The van der Waals surface area contributed by atoms with Gasteiger partial charge in [0.15, 0.2) is 0 Å². The minimum absolute atomic E-state index is 0.0591. The van der Waals surface area contributed by atoms with Gasteiger partial charge in [-0.2, -0.15) is 0 Å². The topological polar surface area (TPSA) is 34.4 Å². The molecule has 0 aliphatic carbocycles. The fourth-order valence-corrected chi connectivity index (χ4v) is 3.57. The molecular formula is C18H31NO2. The first-order valence-corrected chi connectivity index (χ1v) is 8.37.